The van der Waals surface area contributed by atoms with Crippen molar-refractivity contribution in [3.8, 4) is 0 Å². The van der Waals surface area contributed by atoms with Gasteiger partial charge in [-0.2, -0.15) is 0 Å². The molecule has 2 aliphatic rings. The van der Waals surface area contributed by atoms with Crippen LogP contribution in [0.1, 0.15) is 44.7 Å². The van der Waals surface area contributed by atoms with E-state index in [9.17, 15) is 4.79 Å². The van der Waals surface area contributed by atoms with Crippen molar-refractivity contribution >= 4 is 43.1 Å². The molecule has 162 valence electrons. The molecule has 1 aromatic rings. The van der Waals surface area contributed by atoms with Crippen molar-refractivity contribution in [2.75, 3.05) is 26.2 Å². The third kappa shape index (κ3) is 8.83. The van der Waals surface area contributed by atoms with Gasteiger partial charge in [-0.3, -0.25) is 14.7 Å². The average Bonchev–Trinajstić information content (AvgIpc) is 2.65. The Hall–Kier alpha value is -0.590. The topological polar surface area (TPSA) is 57.3 Å². The molecular formula is C20H35Cl3N4O. The molecule has 5 nitrogen and oxygen atoms in total. The van der Waals surface area contributed by atoms with Crippen molar-refractivity contribution in [2.45, 2.75) is 51.6 Å². The number of rotatable bonds is 6. The van der Waals surface area contributed by atoms with Gasteiger partial charge in [0.15, 0.2) is 0 Å². The van der Waals surface area contributed by atoms with E-state index in [4.69, 9.17) is 0 Å². The van der Waals surface area contributed by atoms with Crippen LogP contribution in [0.25, 0.3) is 0 Å². The number of likely N-dealkylation sites (tertiary alicyclic amines) is 1. The number of halogens is 3. The highest BCUT2D eigenvalue weighted by atomic mass is 35.5. The van der Waals surface area contributed by atoms with E-state index in [-0.39, 0.29) is 43.1 Å². The van der Waals surface area contributed by atoms with Crippen LogP contribution < -0.4 is 10.6 Å². The zero-order chi connectivity index (χ0) is 17.5. The molecular weight excluding hydrogens is 419 g/mol. The third-order valence-corrected chi connectivity index (χ3v) is 5.71. The summed E-state index contributed by atoms with van der Waals surface area (Å²) in [7, 11) is 0. The summed E-state index contributed by atoms with van der Waals surface area (Å²) < 4.78 is 0. The van der Waals surface area contributed by atoms with Gasteiger partial charge in [0.2, 0.25) is 5.91 Å². The minimum atomic E-state index is 0. The second-order valence-corrected chi connectivity index (χ2v) is 7.73. The third-order valence-electron chi connectivity index (χ3n) is 5.71. The van der Waals surface area contributed by atoms with Gasteiger partial charge < -0.3 is 10.6 Å². The van der Waals surface area contributed by atoms with Gasteiger partial charge in [-0.15, -0.1) is 37.2 Å². The Bertz CT molecular complexity index is 536. The van der Waals surface area contributed by atoms with Gasteiger partial charge in [0, 0.05) is 38.3 Å². The van der Waals surface area contributed by atoms with Crippen LogP contribution in [0.4, 0.5) is 0 Å². The molecule has 0 spiro atoms. The Morgan fingerprint density at radius 2 is 2.00 bits per heavy atom. The van der Waals surface area contributed by atoms with E-state index in [2.05, 4.69) is 33.5 Å². The fourth-order valence-corrected chi connectivity index (χ4v) is 4.07. The summed E-state index contributed by atoms with van der Waals surface area (Å²) in [5.74, 6) is 1.36. The van der Waals surface area contributed by atoms with Crippen LogP contribution >= 0.6 is 37.2 Å². The lowest BCUT2D eigenvalue weighted by Crippen LogP contribution is -2.45. The van der Waals surface area contributed by atoms with E-state index >= 15 is 0 Å². The van der Waals surface area contributed by atoms with Crippen molar-refractivity contribution in [3.63, 3.8) is 0 Å². The molecule has 8 heteroatoms. The number of carbonyl (C=O) groups is 1. The maximum absolute atomic E-state index is 12.4. The first kappa shape index (κ1) is 27.4. The van der Waals surface area contributed by atoms with E-state index in [0.29, 0.717) is 24.3 Å². The first-order valence-corrected chi connectivity index (χ1v) is 9.83. The molecule has 0 bridgehead atoms. The lowest BCUT2D eigenvalue weighted by Gasteiger charge is -2.33. The van der Waals surface area contributed by atoms with Crippen molar-refractivity contribution in [1.29, 1.82) is 0 Å². The second-order valence-electron chi connectivity index (χ2n) is 7.73. The van der Waals surface area contributed by atoms with Crippen LogP contribution in [-0.2, 0) is 11.3 Å². The van der Waals surface area contributed by atoms with Gasteiger partial charge in [0.05, 0.1) is 5.69 Å². The highest BCUT2D eigenvalue weighted by Crippen LogP contribution is 2.22. The number of nitrogens with one attached hydrogen (secondary N) is 2. The zero-order valence-corrected chi connectivity index (χ0v) is 19.1. The summed E-state index contributed by atoms with van der Waals surface area (Å²) in [4.78, 5) is 19.2. The number of carbonyl (C=O) groups excluding carboxylic acids is 1. The quantitative estimate of drug-likeness (QED) is 0.692. The van der Waals surface area contributed by atoms with Gasteiger partial charge >= 0.3 is 0 Å². The summed E-state index contributed by atoms with van der Waals surface area (Å²) in [5.41, 5.74) is 1.12. The smallest absolute Gasteiger partial charge is 0.220 e. The van der Waals surface area contributed by atoms with Gasteiger partial charge in [-0.1, -0.05) is 13.0 Å². The molecule has 2 aliphatic heterocycles. The molecule has 2 saturated heterocycles. The van der Waals surface area contributed by atoms with Crippen molar-refractivity contribution in [2.24, 2.45) is 11.8 Å². The summed E-state index contributed by atoms with van der Waals surface area (Å²) >= 11 is 0. The predicted molar refractivity (Wildman–Crippen MR) is 122 cm³/mol. The standard InChI is InChI=1S/C20H32N4O.3ClH/c1-16(17-5-4-9-21-14-17)13-20(25)23-18-7-11-24(12-8-18)15-19-6-2-3-10-22-19;;;/h2-3,6,10,16-18,21H,4-5,7-9,11-15H2,1H3,(H,23,25);3*1H. The predicted octanol–water partition coefficient (Wildman–Crippen LogP) is 3.45. The summed E-state index contributed by atoms with van der Waals surface area (Å²) in [6.07, 6.45) is 7.10. The zero-order valence-electron chi connectivity index (χ0n) is 16.6. The first-order chi connectivity index (χ1) is 12.2. The lowest BCUT2D eigenvalue weighted by molar-refractivity contribution is -0.123. The van der Waals surface area contributed by atoms with Crippen LogP contribution in [0.3, 0.4) is 0 Å². The van der Waals surface area contributed by atoms with Gasteiger partial charge in [0.25, 0.3) is 0 Å². The van der Waals surface area contributed by atoms with Crippen molar-refractivity contribution < 1.29 is 4.79 Å². The molecule has 28 heavy (non-hydrogen) atoms. The number of piperidine rings is 2. The van der Waals surface area contributed by atoms with Crippen molar-refractivity contribution in [3.05, 3.63) is 30.1 Å². The largest absolute Gasteiger partial charge is 0.353 e. The minimum absolute atomic E-state index is 0. The van der Waals surface area contributed by atoms with Crippen LogP contribution in [0.5, 0.6) is 0 Å². The molecule has 2 fully saturated rings. The van der Waals surface area contributed by atoms with E-state index in [1.807, 2.05) is 18.3 Å². The Morgan fingerprint density at radius 3 is 2.61 bits per heavy atom. The first-order valence-electron chi connectivity index (χ1n) is 9.83. The Kier molecular flexibility index (Phi) is 14.1. The lowest BCUT2D eigenvalue weighted by atomic mass is 9.85. The van der Waals surface area contributed by atoms with Gasteiger partial charge in [-0.25, -0.2) is 0 Å². The summed E-state index contributed by atoms with van der Waals surface area (Å²) in [5, 5.41) is 6.72. The van der Waals surface area contributed by atoms with E-state index < -0.39 is 0 Å². The molecule has 1 amide bonds. The Morgan fingerprint density at radius 1 is 1.25 bits per heavy atom. The second kappa shape index (κ2) is 14.4. The highest BCUT2D eigenvalue weighted by Gasteiger charge is 2.25. The van der Waals surface area contributed by atoms with Gasteiger partial charge in [-0.05, 0) is 62.7 Å². The average molecular weight is 454 g/mol. The molecule has 1 aromatic heterocycles. The molecule has 2 atom stereocenters. The van der Waals surface area contributed by atoms with Crippen LogP contribution in [0.15, 0.2) is 24.4 Å². The molecule has 2 N–H and O–H groups in total. The van der Waals surface area contributed by atoms with E-state index in [1.165, 1.54) is 12.8 Å². The SMILES string of the molecule is CC(CC(=O)NC1CCN(Cc2ccccn2)CC1)C1CCCNC1.Cl.Cl.Cl. The monoisotopic (exact) mass is 452 g/mol. The fraction of sp³-hybridized carbons (Fsp3) is 0.700. The highest BCUT2D eigenvalue weighted by molar-refractivity contribution is 5.86. The van der Waals surface area contributed by atoms with Crippen molar-refractivity contribution in [1.82, 2.24) is 20.5 Å². The molecule has 0 saturated carbocycles. The number of aromatic nitrogens is 1. The van der Waals surface area contributed by atoms with Crippen LogP contribution in [-0.4, -0.2) is 48.0 Å². The number of hydrogen-bond donors (Lipinski definition) is 2. The number of nitrogens with zero attached hydrogens (tertiary/aromatic N) is 2. The molecule has 3 heterocycles. The maximum atomic E-state index is 12.4. The Balaban J connectivity index is 0.00000243. The number of hydrogen-bond acceptors (Lipinski definition) is 4. The van der Waals surface area contributed by atoms with E-state index in [1.54, 1.807) is 0 Å². The fourth-order valence-electron chi connectivity index (χ4n) is 4.07. The number of pyridine rings is 1. The summed E-state index contributed by atoms with van der Waals surface area (Å²) in [6, 6.07) is 6.41. The van der Waals surface area contributed by atoms with Gasteiger partial charge in [0.1, 0.15) is 0 Å². The Labute approximate surface area is 188 Å². The summed E-state index contributed by atoms with van der Waals surface area (Å²) in [6.45, 7) is 7.40. The normalized spacial score (nSPS) is 21.4. The number of amides is 1. The molecule has 3 rings (SSSR count). The molecule has 0 aliphatic carbocycles. The molecule has 2 unspecified atom stereocenters. The molecule has 0 radical (unpaired) electrons. The molecule has 0 aromatic carbocycles. The van der Waals surface area contributed by atoms with E-state index in [0.717, 1.165) is 51.3 Å². The maximum Gasteiger partial charge on any atom is 0.220 e. The minimum Gasteiger partial charge on any atom is -0.353 e. The van der Waals surface area contributed by atoms with Crippen LogP contribution in [0.2, 0.25) is 0 Å². The van der Waals surface area contributed by atoms with Crippen LogP contribution in [0, 0.1) is 11.8 Å².